The van der Waals surface area contributed by atoms with Crippen molar-refractivity contribution < 1.29 is 22.7 Å². The first-order valence-corrected chi connectivity index (χ1v) is 7.58. The molecule has 3 rings (SSSR count). The third-order valence-corrected chi connectivity index (χ3v) is 3.68. The smallest absolute Gasteiger partial charge is 0.417 e. The van der Waals surface area contributed by atoms with Gasteiger partial charge in [0.25, 0.3) is 5.56 Å². The second-order valence-electron chi connectivity index (χ2n) is 5.64. The standard InChI is InChI=1S/C18H13F3N2O3/c1-11-6-7-23-15(8-11)22-12(9-16(23)24)10-26-17(25)13-4-2-3-5-14(13)18(19,20)21/h2-9H,10H2,1H3. The van der Waals surface area contributed by atoms with Crippen LogP contribution in [0.25, 0.3) is 5.65 Å². The zero-order valence-corrected chi connectivity index (χ0v) is 13.6. The van der Waals surface area contributed by atoms with Gasteiger partial charge in [0.2, 0.25) is 0 Å². The molecule has 26 heavy (non-hydrogen) atoms. The number of esters is 1. The molecule has 3 aromatic rings. The predicted molar refractivity (Wildman–Crippen MR) is 86.8 cm³/mol. The van der Waals surface area contributed by atoms with Crippen molar-refractivity contribution in [1.82, 2.24) is 9.38 Å². The Hall–Kier alpha value is -3.16. The molecule has 0 amide bonds. The Balaban J connectivity index is 1.85. The molecule has 2 heterocycles. The van der Waals surface area contributed by atoms with Crippen LogP contribution in [-0.4, -0.2) is 15.4 Å². The molecular formula is C18H13F3N2O3. The molecule has 0 aliphatic rings. The normalized spacial score (nSPS) is 11.5. The van der Waals surface area contributed by atoms with Crippen LogP contribution in [0.4, 0.5) is 13.2 Å². The van der Waals surface area contributed by atoms with Crippen LogP contribution in [-0.2, 0) is 17.5 Å². The number of ether oxygens (including phenoxy) is 1. The van der Waals surface area contributed by atoms with Crippen molar-refractivity contribution in [2.75, 3.05) is 0 Å². The number of hydrogen-bond donors (Lipinski definition) is 0. The van der Waals surface area contributed by atoms with Crippen LogP contribution in [0.2, 0.25) is 0 Å². The Morgan fingerprint density at radius 2 is 1.92 bits per heavy atom. The molecule has 0 fully saturated rings. The van der Waals surface area contributed by atoms with E-state index < -0.39 is 29.9 Å². The summed E-state index contributed by atoms with van der Waals surface area (Å²) in [5.74, 6) is -1.14. The van der Waals surface area contributed by atoms with Crippen molar-refractivity contribution in [2.45, 2.75) is 19.7 Å². The monoisotopic (exact) mass is 362 g/mol. The summed E-state index contributed by atoms with van der Waals surface area (Å²) < 4.78 is 45.2. The Morgan fingerprint density at radius 1 is 1.19 bits per heavy atom. The molecule has 0 aliphatic heterocycles. The van der Waals surface area contributed by atoms with E-state index in [1.165, 1.54) is 22.6 Å². The number of benzene rings is 1. The lowest BCUT2D eigenvalue weighted by Crippen LogP contribution is -2.18. The molecule has 134 valence electrons. The number of rotatable bonds is 3. The molecular weight excluding hydrogens is 349 g/mol. The van der Waals surface area contributed by atoms with Crippen LogP contribution in [0, 0.1) is 6.92 Å². The van der Waals surface area contributed by atoms with Gasteiger partial charge in [0, 0.05) is 12.3 Å². The number of fused-ring (bicyclic) bond motifs is 1. The lowest BCUT2D eigenvalue weighted by atomic mass is 10.1. The van der Waals surface area contributed by atoms with Crippen molar-refractivity contribution in [2.24, 2.45) is 0 Å². The number of aromatic nitrogens is 2. The first-order chi connectivity index (χ1) is 12.3. The van der Waals surface area contributed by atoms with E-state index in [9.17, 15) is 22.8 Å². The summed E-state index contributed by atoms with van der Waals surface area (Å²) in [6, 6.07) is 8.93. The zero-order chi connectivity index (χ0) is 18.9. The number of carbonyl (C=O) groups is 1. The van der Waals surface area contributed by atoms with E-state index in [0.29, 0.717) is 5.65 Å². The van der Waals surface area contributed by atoms with E-state index in [2.05, 4.69) is 4.98 Å². The minimum atomic E-state index is -4.67. The van der Waals surface area contributed by atoms with Gasteiger partial charge in [-0.25, -0.2) is 9.78 Å². The molecule has 8 heteroatoms. The minimum absolute atomic E-state index is 0.151. The Kier molecular flexibility index (Phi) is 4.50. The second-order valence-corrected chi connectivity index (χ2v) is 5.64. The number of nitrogens with zero attached hydrogens (tertiary/aromatic N) is 2. The molecule has 0 spiro atoms. The summed E-state index contributed by atoms with van der Waals surface area (Å²) in [4.78, 5) is 28.3. The van der Waals surface area contributed by atoms with Gasteiger partial charge in [0.1, 0.15) is 12.3 Å². The van der Waals surface area contributed by atoms with Gasteiger partial charge in [0.05, 0.1) is 16.8 Å². The average Bonchev–Trinajstić information content (AvgIpc) is 2.58. The fourth-order valence-corrected chi connectivity index (χ4v) is 2.45. The first kappa shape index (κ1) is 17.7. The summed E-state index contributed by atoms with van der Waals surface area (Å²) in [5, 5.41) is 0. The molecule has 0 unspecified atom stereocenters. The van der Waals surface area contributed by atoms with Crippen LogP contribution in [0.15, 0.2) is 53.5 Å². The highest BCUT2D eigenvalue weighted by molar-refractivity contribution is 5.91. The third-order valence-electron chi connectivity index (χ3n) is 3.68. The lowest BCUT2D eigenvalue weighted by Gasteiger charge is -2.12. The summed E-state index contributed by atoms with van der Waals surface area (Å²) in [6.45, 7) is 1.41. The van der Waals surface area contributed by atoms with Gasteiger partial charge in [-0.2, -0.15) is 13.2 Å². The summed E-state index contributed by atoms with van der Waals surface area (Å²) in [6.07, 6.45) is -3.11. The molecule has 0 saturated carbocycles. The van der Waals surface area contributed by atoms with Crippen LogP contribution in [0.5, 0.6) is 0 Å². The number of pyridine rings is 1. The summed E-state index contributed by atoms with van der Waals surface area (Å²) in [7, 11) is 0. The van der Waals surface area contributed by atoms with Crippen molar-refractivity contribution in [3.8, 4) is 0 Å². The highest BCUT2D eigenvalue weighted by atomic mass is 19.4. The highest BCUT2D eigenvalue weighted by Crippen LogP contribution is 2.32. The molecule has 5 nitrogen and oxygen atoms in total. The average molecular weight is 362 g/mol. The van der Waals surface area contributed by atoms with E-state index in [1.54, 1.807) is 18.3 Å². The fraction of sp³-hybridized carbons (Fsp3) is 0.167. The Morgan fingerprint density at radius 3 is 2.65 bits per heavy atom. The van der Waals surface area contributed by atoms with E-state index in [0.717, 1.165) is 17.7 Å². The largest absolute Gasteiger partial charge is 0.456 e. The fourth-order valence-electron chi connectivity index (χ4n) is 2.45. The van der Waals surface area contributed by atoms with Gasteiger partial charge in [-0.3, -0.25) is 9.20 Å². The molecule has 0 bridgehead atoms. The minimum Gasteiger partial charge on any atom is -0.456 e. The van der Waals surface area contributed by atoms with Crippen molar-refractivity contribution >= 4 is 11.6 Å². The van der Waals surface area contributed by atoms with Crippen LogP contribution < -0.4 is 5.56 Å². The van der Waals surface area contributed by atoms with E-state index in [1.807, 2.05) is 6.92 Å². The summed E-state index contributed by atoms with van der Waals surface area (Å²) in [5.41, 5.74) is -0.653. The van der Waals surface area contributed by atoms with Crippen molar-refractivity contribution in [3.63, 3.8) is 0 Å². The Bertz CT molecular complexity index is 1040. The number of carbonyl (C=O) groups excluding carboxylic acids is 1. The summed E-state index contributed by atoms with van der Waals surface area (Å²) >= 11 is 0. The lowest BCUT2D eigenvalue weighted by molar-refractivity contribution is -0.138. The quantitative estimate of drug-likeness (QED) is 0.670. The predicted octanol–water partition coefficient (Wildman–Crippen LogP) is 3.38. The molecule has 0 saturated heterocycles. The zero-order valence-electron chi connectivity index (χ0n) is 13.6. The van der Waals surface area contributed by atoms with Crippen LogP contribution >= 0.6 is 0 Å². The Labute approximate surface area is 145 Å². The van der Waals surface area contributed by atoms with Crippen molar-refractivity contribution in [3.05, 3.63) is 81.4 Å². The van der Waals surface area contributed by atoms with Crippen LogP contribution in [0.1, 0.15) is 27.2 Å². The molecule has 0 N–H and O–H groups in total. The van der Waals surface area contributed by atoms with Gasteiger partial charge >= 0.3 is 12.1 Å². The van der Waals surface area contributed by atoms with E-state index in [-0.39, 0.29) is 11.3 Å². The molecule has 0 atom stereocenters. The second kappa shape index (κ2) is 6.62. The number of alkyl halides is 3. The number of halogens is 3. The SMILES string of the molecule is Cc1ccn2c(=O)cc(COC(=O)c3ccccc3C(F)(F)F)nc2c1. The van der Waals surface area contributed by atoms with E-state index in [4.69, 9.17) is 4.74 Å². The highest BCUT2D eigenvalue weighted by Gasteiger charge is 2.35. The van der Waals surface area contributed by atoms with Gasteiger partial charge in [-0.1, -0.05) is 12.1 Å². The molecule has 2 aromatic heterocycles. The van der Waals surface area contributed by atoms with Crippen LogP contribution in [0.3, 0.4) is 0 Å². The topological polar surface area (TPSA) is 60.7 Å². The maximum atomic E-state index is 13.0. The number of aryl methyl sites for hydroxylation is 1. The van der Waals surface area contributed by atoms with Gasteiger partial charge in [-0.05, 0) is 36.8 Å². The number of hydrogen-bond acceptors (Lipinski definition) is 4. The third kappa shape index (κ3) is 3.58. The molecule has 0 aliphatic carbocycles. The van der Waals surface area contributed by atoms with Gasteiger partial charge < -0.3 is 4.74 Å². The first-order valence-electron chi connectivity index (χ1n) is 7.58. The van der Waals surface area contributed by atoms with Gasteiger partial charge in [0.15, 0.2) is 0 Å². The van der Waals surface area contributed by atoms with E-state index >= 15 is 0 Å². The molecule has 0 radical (unpaired) electrons. The molecule has 1 aromatic carbocycles. The maximum Gasteiger partial charge on any atom is 0.417 e. The van der Waals surface area contributed by atoms with Crippen molar-refractivity contribution in [1.29, 1.82) is 0 Å². The van der Waals surface area contributed by atoms with Gasteiger partial charge in [-0.15, -0.1) is 0 Å². The maximum absolute atomic E-state index is 13.0.